The molecule has 0 amide bonds. The van der Waals surface area contributed by atoms with E-state index in [1.807, 2.05) is 6.07 Å². The van der Waals surface area contributed by atoms with Crippen LogP contribution in [0, 0.1) is 17.2 Å². The molecule has 0 N–H and O–H groups in total. The summed E-state index contributed by atoms with van der Waals surface area (Å²) in [7, 11) is 0. The van der Waals surface area contributed by atoms with Gasteiger partial charge in [-0.05, 0) is 6.42 Å². The highest BCUT2D eigenvalue weighted by Gasteiger charge is 2.27. The van der Waals surface area contributed by atoms with Crippen LogP contribution in [-0.2, 0) is 0 Å². The second kappa shape index (κ2) is 5.70. The Morgan fingerprint density at radius 1 is 1.50 bits per heavy atom. The highest BCUT2D eigenvalue weighted by Crippen LogP contribution is 2.31. The molecular formula is C6H7BrF3NS. The largest absolute Gasteiger partial charge is 0.441 e. The van der Waals surface area contributed by atoms with Gasteiger partial charge in [0.2, 0.25) is 0 Å². The Balaban J connectivity index is 3.50. The molecule has 0 saturated carbocycles. The smallest absolute Gasteiger partial charge is 0.198 e. The van der Waals surface area contributed by atoms with Crippen LogP contribution in [0.5, 0.6) is 0 Å². The molecule has 0 spiro atoms. The summed E-state index contributed by atoms with van der Waals surface area (Å²) in [6.45, 7) is 0. The molecule has 1 nitrogen and oxygen atoms in total. The van der Waals surface area contributed by atoms with Crippen molar-refractivity contribution in [3.8, 4) is 6.07 Å². The van der Waals surface area contributed by atoms with E-state index in [-0.39, 0.29) is 29.9 Å². The van der Waals surface area contributed by atoms with Crippen molar-refractivity contribution in [2.45, 2.75) is 11.9 Å². The zero-order valence-corrected chi connectivity index (χ0v) is 8.47. The fourth-order valence-corrected chi connectivity index (χ4v) is 1.60. The summed E-state index contributed by atoms with van der Waals surface area (Å²) in [5.41, 5.74) is -4.17. The quantitative estimate of drug-likeness (QED) is 0.726. The Morgan fingerprint density at radius 3 is 2.42 bits per heavy atom. The Hall–Kier alpha value is 0.110. The van der Waals surface area contributed by atoms with Gasteiger partial charge < -0.3 is 0 Å². The number of rotatable bonds is 4. The molecule has 0 saturated heterocycles. The van der Waals surface area contributed by atoms with E-state index in [0.717, 1.165) is 0 Å². The second-order valence-electron chi connectivity index (χ2n) is 2.06. The van der Waals surface area contributed by atoms with E-state index in [1.165, 1.54) is 0 Å². The second-order valence-corrected chi connectivity index (χ2v) is 3.87. The molecule has 1 unspecified atom stereocenters. The Kier molecular flexibility index (Phi) is 5.76. The molecule has 6 heteroatoms. The van der Waals surface area contributed by atoms with E-state index >= 15 is 0 Å². The van der Waals surface area contributed by atoms with Gasteiger partial charge in [0.05, 0.1) is 12.0 Å². The van der Waals surface area contributed by atoms with Crippen LogP contribution in [0.4, 0.5) is 13.2 Å². The van der Waals surface area contributed by atoms with Crippen molar-refractivity contribution in [2.75, 3.05) is 11.1 Å². The fraction of sp³-hybridized carbons (Fsp3) is 0.833. The van der Waals surface area contributed by atoms with Gasteiger partial charge in [0, 0.05) is 11.1 Å². The zero-order valence-electron chi connectivity index (χ0n) is 6.07. The first-order chi connectivity index (χ1) is 5.49. The first kappa shape index (κ1) is 12.1. The van der Waals surface area contributed by atoms with Gasteiger partial charge in [0.1, 0.15) is 0 Å². The number of alkyl halides is 4. The number of nitriles is 1. The van der Waals surface area contributed by atoms with Gasteiger partial charge in [-0.1, -0.05) is 27.7 Å². The standard InChI is InChI=1S/C6H7BrF3NS/c7-3-5(4-11)1-2-12-6(8,9)10/h5H,1-3H2. The van der Waals surface area contributed by atoms with Crippen molar-refractivity contribution in [3.63, 3.8) is 0 Å². The molecule has 0 rings (SSSR count). The minimum Gasteiger partial charge on any atom is -0.198 e. The summed E-state index contributed by atoms with van der Waals surface area (Å²) in [6, 6.07) is 1.91. The third-order valence-corrected chi connectivity index (χ3v) is 2.65. The zero-order chi connectivity index (χ0) is 9.61. The maximum atomic E-state index is 11.6. The number of halogens is 4. The summed E-state index contributed by atoms with van der Waals surface area (Å²) in [5.74, 6) is -0.368. The van der Waals surface area contributed by atoms with E-state index in [0.29, 0.717) is 5.33 Å². The minimum atomic E-state index is -4.17. The van der Waals surface area contributed by atoms with Crippen LogP contribution in [0.15, 0.2) is 0 Å². The summed E-state index contributed by atoms with van der Waals surface area (Å²) < 4.78 is 34.7. The molecule has 0 aliphatic carbocycles. The van der Waals surface area contributed by atoms with Crippen LogP contribution in [0.3, 0.4) is 0 Å². The Labute approximate surface area is 81.4 Å². The molecule has 0 aliphatic heterocycles. The molecule has 0 aromatic rings. The molecule has 12 heavy (non-hydrogen) atoms. The van der Waals surface area contributed by atoms with E-state index in [4.69, 9.17) is 5.26 Å². The van der Waals surface area contributed by atoms with Gasteiger partial charge in [-0.25, -0.2) is 0 Å². The van der Waals surface area contributed by atoms with Crippen molar-refractivity contribution in [2.24, 2.45) is 5.92 Å². The maximum absolute atomic E-state index is 11.6. The summed E-state index contributed by atoms with van der Waals surface area (Å²) in [6.07, 6.45) is 0.270. The van der Waals surface area contributed by atoms with Gasteiger partial charge in [-0.2, -0.15) is 18.4 Å². The molecule has 70 valence electrons. The third-order valence-electron chi connectivity index (χ3n) is 1.10. The van der Waals surface area contributed by atoms with Crippen LogP contribution < -0.4 is 0 Å². The highest BCUT2D eigenvalue weighted by atomic mass is 79.9. The van der Waals surface area contributed by atoms with E-state index in [1.54, 1.807) is 0 Å². The van der Waals surface area contributed by atoms with Gasteiger partial charge in [0.25, 0.3) is 0 Å². The van der Waals surface area contributed by atoms with Gasteiger partial charge in [0.15, 0.2) is 0 Å². The Bertz CT molecular complexity index is 165. The van der Waals surface area contributed by atoms with Crippen molar-refractivity contribution in [1.29, 1.82) is 5.26 Å². The maximum Gasteiger partial charge on any atom is 0.441 e. The molecule has 0 heterocycles. The molecule has 0 aromatic heterocycles. The monoisotopic (exact) mass is 261 g/mol. The van der Waals surface area contributed by atoms with Crippen molar-refractivity contribution < 1.29 is 13.2 Å². The number of hydrogen-bond acceptors (Lipinski definition) is 2. The third kappa shape index (κ3) is 6.80. The summed E-state index contributed by atoms with van der Waals surface area (Å²) >= 11 is 2.96. The lowest BCUT2D eigenvalue weighted by Crippen LogP contribution is -2.05. The van der Waals surface area contributed by atoms with Crippen molar-refractivity contribution in [3.05, 3.63) is 0 Å². The summed E-state index contributed by atoms with van der Waals surface area (Å²) in [4.78, 5) is 0. The molecular weight excluding hydrogens is 255 g/mol. The van der Waals surface area contributed by atoms with Crippen LogP contribution in [0.25, 0.3) is 0 Å². The molecule has 0 aliphatic rings. The summed E-state index contributed by atoms with van der Waals surface area (Å²) in [5, 5.41) is 8.82. The lowest BCUT2D eigenvalue weighted by Gasteiger charge is -2.06. The molecule has 0 aromatic carbocycles. The highest BCUT2D eigenvalue weighted by molar-refractivity contribution is 9.09. The van der Waals surface area contributed by atoms with Crippen LogP contribution in [0.2, 0.25) is 0 Å². The average Bonchev–Trinajstić information content (AvgIpc) is 1.96. The van der Waals surface area contributed by atoms with Crippen LogP contribution >= 0.6 is 27.7 Å². The Morgan fingerprint density at radius 2 is 2.08 bits per heavy atom. The van der Waals surface area contributed by atoms with E-state index in [2.05, 4.69) is 15.9 Å². The van der Waals surface area contributed by atoms with Crippen molar-refractivity contribution in [1.82, 2.24) is 0 Å². The fourth-order valence-electron chi connectivity index (χ4n) is 0.493. The number of nitrogens with zero attached hydrogens (tertiary/aromatic N) is 1. The van der Waals surface area contributed by atoms with E-state index < -0.39 is 5.51 Å². The predicted molar refractivity (Wildman–Crippen MR) is 46.0 cm³/mol. The lowest BCUT2D eigenvalue weighted by atomic mass is 10.1. The minimum absolute atomic E-state index is 0.0483. The predicted octanol–water partition coefficient (Wildman–Crippen LogP) is 3.16. The normalized spacial score (nSPS) is 13.9. The first-order valence-corrected chi connectivity index (χ1v) is 5.26. The van der Waals surface area contributed by atoms with Gasteiger partial charge in [-0.15, -0.1) is 0 Å². The SMILES string of the molecule is N#CC(CBr)CCSC(F)(F)F. The molecule has 0 bridgehead atoms. The molecule has 0 radical (unpaired) electrons. The van der Waals surface area contributed by atoms with Crippen molar-refractivity contribution >= 4 is 27.7 Å². The first-order valence-electron chi connectivity index (χ1n) is 3.16. The van der Waals surface area contributed by atoms with Gasteiger partial charge >= 0.3 is 5.51 Å². The van der Waals surface area contributed by atoms with E-state index in [9.17, 15) is 13.2 Å². The average molecular weight is 262 g/mol. The van der Waals surface area contributed by atoms with Crippen LogP contribution in [0.1, 0.15) is 6.42 Å². The molecule has 1 atom stereocenters. The lowest BCUT2D eigenvalue weighted by molar-refractivity contribution is -0.0328. The topological polar surface area (TPSA) is 23.8 Å². The number of thioether (sulfide) groups is 1. The molecule has 0 fully saturated rings. The van der Waals surface area contributed by atoms with Crippen LogP contribution in [-0.4, -0.2) is 16.6 Å². The number of hydrogen-bond donors (Lipinski definition) is 0. The van der Waals surface area contributed by atoms with Gasteiger partial charge in [-0.3, -0.25) is 0 Å².